The SMILES string of the molecule is COc1ccc(S(=O)(=O)NC2=NCN(CC3CCCO3)CN2)cc1. The molecule has 0 aliphatic carbocycles. The maximum absolute atomic E-state index is 12.4. The Kier molecular flexibility index (Phi) is 5.22. The number of hydrogen-bond donors (Lipinski definition) is 2. The molecule has 132 valence electrons. The minimum absolute atomic E-state index is 0.162. The lowest BCUT2D eigenvalue weighted by molar-refractivity contribution is 0.0714. The van der Waals surface area contributed by atoms with Gasteiger partial charge in [0.25, 0.3) is 10.0 Å². The number of benzene rings is 1. The van der Waals surface area contributed by atoms with Crippen molar-refractivity contribution in [3.63, 3.8) is 0 Å². The lowest BCUT2D eigenvalue weighted by Gasteiger charge is -2.28. The smallest absolute Gasteiger partial charge is 0.264 e. The highest BCUT2D eigenvalue weighted by Gasteiger charge is 2.23. The molecular formula is C15H22N4O4S. The molecule has 0 aromatic heterocycles. The molecule has 9 heteroatoms. The van der Waals surface area contributed by atoms with Crippen molar-refractivity contribution in [1.82, 2.24) is 14.9 Å². The normalized spacial score (nSPS) is 21.9. The second kappa shape index (κ2) is 7.37. The number of sulfonamides is 1. The summed E-state index contributed by atoms with van der Waals surface area (Å²) < 4.78 is 37.8. The van der Waals surface area contributed by atoms with E-state index in [2.05, 4.69) is 19.9 Å². The number of aliphatic imine (C=N–C) groups is 1. The Balaban J connectivity index is 1.57. The Morgan fingerprint density at radius 2 is 2.21 bits per heavy atom. The van der Waals surface area contributed by atoms with Gasteiger partial charge in [0, 0.05) is 13.2 Å². The monoisotopic (exact) mass is 354 g/mol. The number of nitrogens with one attached hydrogen (secondary N) is 2. The number of ether oxygens (including phenoxy) is 2. The number of rotatable bonds is 5. The van der Waals surface area contributed by atoms with E-state index in [1.165, 1.54) is 19.2 Å². The van der Waals surface area contributed by atoms with Crippen LogP contribution in [0, 0.1) is 0 Å². The van der Waals surface area contributed by atoms with E-state index in [0.29, 0.717) is 19.1 Å². The summed E-state index contributed by atoms with van der Waals surface area (Å²) in [4.78, 5) is 6.50. The Hall–Kier alpha value is -1.84. The van der Waals surface area contributed by atoms with Gasteiger partial charge >= 0.3 is 0 Å². The molecule has 2 aliphatic heterocycles. The van der Waals surface area contributed by atoms with Crippen LogP contribution >= 0.6 is 0 Å². The summed E-state index contributed by atoms with van der Waals surface area (Å²) in [5.74, 6) is 0.862. The molecule has 0 saturated carbocycles. The van der Waals surface area contributed by atoms with E-state index in [1.54, 1.807) is 12.1 Å². The van der Waals surface area contributed by atoms with Crippen LogP contribution in [0.25, 0.3) is 0 Å². The maximum atomic E-state index is 12.4. The highest BCUT2D eigenvalue weighted by Crippen LogP contribution is 2.16. The van der Waals surface area contributed by atoms with Crippen LogP contribution in [0.2, 0.25) is 0 Å². The van der Waals surface area contributed by atoms with Crippen LogP contribution in [0.15, 0.2) is 34.2 Å². The molecule has 0 radical (unpaired) electrons. The summed E-state index contributed by atoms with van der Waals surface area (Å²) >= 11 is 0. The van der Waals surface area contributed by atoms with Crippen LogP contribution < -0.4 is 14.8 Å². The third-order valence-electron chi connectivity index (χ3n) is 3.99. The topological polar surface area (TPSA) is 92.3 Å². The zero-order chi connectivity index (χ0) is 17.0. The van der Waals surface area contributed by atoms with Gasteiger partial charge in [-0.15, -0.1) is 0 Å². The Morgan fingerprint density at radius 1 is 1.42 bits per heavy atom. The molecule has 0 amide bonds. The molecule has 1 unspecified atom stereocenters. The van der Waals surface area contributed by atoms with Gasteiger partial charge in [0.2, 0.25) is 5.96 Å². The average Bonchev–Trinajstić information content (AvgIpc) is 3.09. The predicted octanol–water partition coefficient (Wildman–Crippen LogP) is 0.329. The van der Waals surface area contributed by atoms with Crippen LogP contribution in [-0.4, -0.2) is 59.0 Å². The number of methoxy groups -OCH3 is 1. The highest BCUT2D eigenvalue weighted by molar-refractivity contribution is 7.90. The van der Waals surface area contributed by atoms with E-state index in [-0.39, 0.29) is 17.0 Å². The van der Waals surface area contributed by atoms with Crippen LogP contribution in [0.4, 0.5) is 0 Å². The van der Waals surface area contributed by atoms with Crippen molar-refractivity contribution in [3.05, 3.63) is 24.3 Å². The highest BCUT2D eigenvalue weighted by atomic mass is 32.2. The van der Waals surface area contributed by atoms with Gasteiger partial charge in [0.1, 0.15) is 5.75 Å². The van der Waals surface area contributed by atoms with Gasteiger partial charge in [-0.05, 0) is 37.1 Å². The van der Waals surface area contributed by atoms with Crippen LogP contribution in [0.1, 0.15) is 12.8 Å². The first-order valence-electron chi connectivity index (χ1n) is 7.86. The fourth-order valence-electron chi connectivity index (χ4n) is 2.67. The average molecular weight is 354 g/mol. The maximum Gasteiger partial charge on any atom is 0.264 e. The third kappa shape index (κ3) is 4.16. The molecule has 8 nitrogen and oxygen atoms in total. The van der Waals surface area contributed by atoms with Gasteiger partial charge in [-0.1, -0.05) is 0 Å². The largest absolute Gasteiger partial charge is 0.497 e. The fourth-order valence-corrected chi connectivity index (χ4v) is 3.67. The first-order chi connectivity index (χ1) is 11.6. The van der Waals surface area contributed by atoms with Gasteiger partial charge in [-0.2, -0.15) is 0 Å². The van der Waals surface area contributed by atoms with Crippen molar-refractivity contribution in [2.75, 3.05) is 33.6 Å². The van der Waals surface area contributed by atoms with Crippen molar-refractivity contribution in [2.24, 2.45) is 4.99 Å². The molecule has 0 spiro atoms. The standard InChI is InChI=1S/C15H22N4O4S/c1-22-12-4-6-14(7-5-12)24(20,21)18-15-16-10-19(11-17-15)9-13-3-2-8-23-13/h4-7,13H,2-3,8-11H2,1H3,(H2,16,17,18). The quantitative estimate of drug-likeness (QED) is 0.792. The molecule has 2 N–H and O–H groups in total. The van der Waals surface area contributed by atoms with Crippen LogP contribution in [0.5, 0.6) is 5.75 Å². The summed E-state index contributed by atoms with van der Waals surface area (Å²) in [5.41, 5.74) is 0. The number of hydrogen-bond acceptors (Lipinski definition) is 7. The minimum atomic E-state index is -3.67. The Bertz CT molecular complexity index is 684. The van der Waals surface area contributed by atoms with E-state index >= 15 is 0 Å². The molecule has 3 rings (SSSR count). The second-order valence-corrected chi connectivity index (χ2v) is 7.43. The fraction of sp³-hybridized carbons (Fsp3) is 0.533. The summed E-state index contributed by atoms with van der Waals surface area (Å²) in [6.07, 6.45) is 2.42. The molecule has 1 saturated heterocycles. The molecule has 2 aliphatic rings. The summed E-state index contributed by atoms with van der Waals surface area (Å²) in [6, 6.07) is 6.20. The van der Waals surface area contributed by atoms with Crippen molar-refractivity contribution in [1.29, 1.82) is 0 Å². The summed E-state index contributed by atoms with van der Waals surface area (Å²) in [7, 11) is -2.13. The molecule has 1 aromatic carbocycles. The number of nitrogens with zero attached hydrogens (tertiary/aromatic N) is 2. The van der Waals surface area contributed by atoms with Crippen LogP contribution in [0.3, 0.4) is 0 Å². The van der Waals surface area contributed by atoms with Gasteiger partial charge in [-0.25, -0.2) is 18.1 Å². The molecule has 24 heavy (non-hydrogen) atoms. The van der Waals surface area contributed by atoms with Gasteiger partial charge in [0.05, 0.1) is 31.4 Å². The van der Waals surface area contributed by atoms with E-state index in [1.807, 2.05) is 0 Å². The van der Waals surface area contributed by atoms with Crippen LogP contribution in [-0.2, 0) is 14.8 Å². The molecule has 1 aromatic rings. The van der Waals surface area contributed by atoms with Gasteiger partial charge in [-0.3, -0.25) is 4.90 Å². The van der Waals surface area contributed by atoms with E-state index < -0.39 is 10.0 Å². The van der Waals surface area contributed by atoms with Crippen molar-refractivity contribution < 1.29 is 17.9 Å². The Morgan fingerprint density at radius 3 is 2.79 bits per heavy atom. The second-order valence-electron chi connectivity index (χ2n) is 5.75. The van der Waals surface area contributed by atoms with E-state index in [9.17, 15) is 8.42 Å². The third-order valence-corrected chi connectivity index (χ3v) is 5.34. The molecule has 2 heterocycles. The number of guanidine groups is 1. The first kappa shape index (κ1) is 17.0. The Labute approximate surface area is 141 Å². The molecular weight excluding hydrogens is 332 g/mol. The zero-order valence-corrected chi connectivity index (χ0v) is 14.4. The lowest BCUT2D eigenvalue weighted by Crippen LogP contribution is -2.51. The van der Waals surface area contributed by atoms with E-state index in [0.717, 1.165) is 26.0 Å². The van der Waals surface area contributed by atoms with Gasteiger partial charge in [0.15, 0.2) is 0 Å². The van der Waals surface area contributed by atoms with Crippen molar-refractivity contribution >= 4 is 16.0 Å². The molecule has 1 fully saturated rings. The predicted molar refractivity (Wildman–Crippen MR) is 89.3 cm³/mol. The zero-order valence-electron chi connectivity index (χ0n) is 13.6. The van der Waals surface area contributed by atoms with Crippen molar-refractivity contribution in [2.45, 2.75) is 23.8 Å². The lowest BCUT2D eigenvalue weighted by atomic mass is 10.2. The minimum Gasteiger partial charge on any atom is -0.497 e. The summed E-state index contributed by atoms with van der Waals surface area (Å²) in [6.45, 7) is 2.59. The first-order valence-corrected chi connectivity index (χ1v) is 9.34. The van der Waals surface area contributed by atoms with E-state index in [4.69, 9.17) is 9.47 Å². The molecule has 0 bridgehead atoms. The molecule has 1 atom stereocenters. The van der Waals surface area contributed by atoms with Crippen molar-refractivity contribution in [3.8, 4) is 5.75 Å². The summed E-state index contributed by atoms with van der Waals surface area (Å²) in [5, 5.41) is 3.00. The van der Waals surface area contributed by atoms with Gasteiger partial charge < -0.3 is 14.8 Å².